The Balaban J connectivity index is 2.25. The summed E-state index contributed by atoms with van der Waals surface area (Å²) in [6, 6.07) is 16.8. The molecule has 0 aliphatic rings. The fraction of sp³-hybridized carbons (Fsp3) is 0.136. The molecule has 28 heavy (non-hydrogen) atoms. The molecule has 0 unspecified atom stereocenters. The molecule has 6 heteroatoms. The minimum atomic E-state index is -0.717. The number of carbonyl (C=O) groups excluding carboxylic acids is 1. The Morgan fingerprint density at radius 1 is 0.893 bits per heavy atom. The number of aryl methyl sites for hydroxylation is 2. The number of hydrogen-bond donors (Lipinski definition) is 0. The van der Waals surface area contributed by atoms with Crippen LogP contribution in [0.3, 0.4) is 0 Å². The van der Waals surface area contributed by atoms with Crippen molar-refractivity contribution in [1.82, 2.24) is 9.97 Å². The van der Waals surface area contributed by atoms with Gasteiger partial charge >= 0.3 is 12.0 Å². The Morgan fingerprint density at radius 3 is 2.14 bits per heavy atom. The molecule has 1 aromatic heterocycles. The van der Waals surface area contributed by atoms with Crippen LogP contribution in [0.4, 0.5) is 4.39 Å². The summed E-state index contributed by atoms with van der Waals surface area (Å²) in [6.45, 7) is 3.60. The van der Waals surface area contributed by atoms with Crippen molar-refractivity contribution in [3.8, 4) is 6.01 Å². The summed E-state index contributed by atoms with van der Waals surface area (Å²) in [5, 5.41) is 0. The molecule has 0 saturated carbocycles. The maximum atomic E-state index is 13.9. The molecule has 0 aliphatic heterocycles. The monoisotopic (exact) mass is 378 g/mol. The van der Waals surface area contributed by atoms with E-state index in [1.807, 2.05) is 18.2 Å². The predicted octanol–water partition coefficient (Wildman–Crippen LogP) is 4.24. The topological polar surface area (TPSA) is 61.3 Å². The lowest BCUT2D eigenvalue weighted by Crippen LogP contribution is -2.16. The van der Waals surface area contributed by atoms with Gasteiger partial charge in [0.2, 0.25) is 5.76 Å². The van der Waals surface area contributed by atoms with Gasteiger partial charge in [0.05, 0.1) is 7.11 Å². The highest BCUT2D eigenvalue weighted by molar-refractivity contribution is 6.00. The van der Waals surface area contributed by atoms with E-state index in [1.165, 1.54) is 19.2 Å². The van der Waals surface area contributed by atoms with Gasteiger partial charge in [-0.3, -0.25) is 0 Å². The minimum Gasteiger partial charge on any atom is -0.463 e. The average molecular weight is 378 g/mol. The van der Waals surface area contributed by atoms with Crippen LogP contribution in [-0.2, 0) is 9.53 Å². The first kappa shape index (κ1) is 19.2. The number of halogens is 1. The Labute approximate surface area is 162 Å². The normalized spacial score (nSPS) is 11.6. The molecule has 0 saturated heterocycles. The van der Waals surface area contributed by atoms with Crippen LogP contribution < -0.4 is 4.74 Å². The van der Waals surface area contributed by atoms with Crippen LogP contribution >= 0.6 is 0 Å². The van der Waals surface area contributed by atoms with Crippen LogP contribution in [0.5, 0.6) is 6.01 Å². The summed E-state index contributed by atoms with van der Waals surface area (Å²) in [4.78, 5) is 21.1. The van der Waals surface area contributed by atoms with Crippen molar-refractivity contribution in [2.45, 2.75) is 13.8 Å². The van der Waals surface area contributed by atoms with Crippen LogP contribution in [-0.4, -0.2) is 23.0 Å². The number of carbonyl (C=O) groups is 1. The Morgan fingerprint density at radius 2 is 1.54 bits per heavy atom. The van der Waals surface area contributed by atoms with Crippen LogP contribution in [0.25, 0.3) is 5.57 Å². The fourth-order valence-electron chi connectivity index (χ4n) is 2.80. The van der Waals surface area contributed by atoms with Crippen molar-refractivity contribution >= 4 is 11.5 Å². The molecular weight excluding hydrogens is 359 g/mol. The smallest absolute Gasteiger partial charge is 0.374 e. The zero-order valence-electron chi connectivity index (χ0n) is 15.8. The van der Waals surface area contributed by atoms with Gasteiger partial charge in [0.1, 0.15) is 5.82 Å². The van der Waals surface area contributed by atoms with Crippen molar-refractivity contribution in [2.75, 3.05) is 7.11 Å². The second kappa shape index (κ2) is 8.43. The second-order valence-corrected chi connectivity index (χ2v) is 6.11. The van der Waals surface area contributed by atoms with Crippen LogP contribution in [0.15, 0.2) is 66.4 Å². The summed E-state index contributed by atoms with van der Waals surface area (Å²) < 4.78 is 24.6. The molecule has 142 valence electrons. The average Bonchev–Trinajstić information content (AvgIpc) is 2.67. The Hall–Kier alpha value is -3.54. The maximum absolute atomic E-state index is 13.9. The zero-order chi connectivity index (χ0) is 20.1. The van der Waals surface area contributed by atoms with Gasteiger partial charge in [0.15, 0.2) is 0 Å². The van der Waals surface area contributed by atoms with Crippen LogP contribution in [0, 0.1) is 19.7 Å². The van der Waals surface area contributed by atoms with Gasteiger partial charge in [0.25, 0.3) is 0 Å². The highest BCUT2D eigenvalue weighted by atomic mass is 19.1. The molecule has 5 nitrogen and oxygen atoms in total. The number of ether oxygens (including phenoxy) is 2. The molecule has 3 rings (SSSR count). The van der Waals surface area contributed by atoms with Gasteiger partial charge in [0, 0.05) is 17.0 Å². The van der Waals surface area contributed by atoms with Gasteiger partial charge in [-0.05, 0) is 43.2 Å². The highest BCUT2D eigenvalue weighted by Gasteiger charge is 2.23. The summed E-state index contributed by atoms with van der Waals surface area (Å²) in [6.07, 6.45) is 0. The molecule has 2 aromatic carbocycles. The molecule has 3 aromatic rings. The van der Waals surface area contributed by atoms with E-state index in [2.05, 4.69) is 9.97 Å². The summed E-state index contributed by atoms with van der Waals surface area (Å²) >= 11 is 0. The Bertz CT molecular complexity index is 1010. The fourth-order valence-corrected chi connectivity index (χ4v) is 2.80. The lowest BCUT2D eigenvalue weighted by molar-refractivity contribution is -0.138. The SMILES string of the molecule is COC(=O)/C(Oc1nc(C)cc(C)n1)=C(/c1ccccc1)c1cccc(F)c1. The third kappa shape index (κ3) is 4.40. The quantitative estimate of drug-likeness (QED) is 0.377. The van der Waals surface area contributed by atoms with E-state index in [9.17, 15) is 9.18 Å². The number of benzene rings is 2. The molecular formula is C22H19FN2O3. The first-order valence-electron chi connectivity index (χ1n) is 8.62. The third-order valence-corrected chi connectivity index (χ3v) is 3.93. The largest absolute Gasteiger partial charge is 0.463 e. The van der Waals surface area contributed by atoms with E-state index >= 15 is 0 Å². The van der Waals surface area contributed by atoms with Crippen molar-refractivity contribution in [2.24, 2.45) is 0 Å². The summed E-state index contributed by atoms with van der Waals surface area (Å²) in [5.74, 6) is -1.27. The number of rotatable bonds is 5. The van der Waals surface area contributed by atoms with Gasteiger partial charge in [-0.2, -0.15) is 0 Å². The standard InChI is InChI=1S/C22H19FN2O3/c1-14-12-15(2)25-22(24-14)28-20(21(26)27-3)19(16-8-5-4-6-9-16)17-10-7-11-18(23)13-17/h4-13H,1-3H3/b20-19+. The Kier molecular flexibility index (Phi) is 5.79. The predicted molar refractivity (Wildman–Crippen MR) is 103 cm³/mol. The third-order valence-electron chi connectivity index (χ3n) is 3.93. The molecule has 0 spiro atoms. The molecule has 0 N–H and O–H groups in total. The molecule has 1 heterocycles. The van der Waals surface area contributed by atoms with Crippen molar-refractivity contribution in [3.63, 3.8) is 0 Å². The van der Waals surface area contributed by atoms with E-state index in [0.29, 0.717) is 28.1 Å². The first-order valence-corrected chi connectivity index (χ1v) is 8.62. The second-order valence-electron chi connectivity index (χ2n) is 6.11. The van der Waals surface area contributed by atoms with Gasteiger partial charge < -0.3 is 9.47 Å². The van der Waals surface area contributed by atoms with Crippen LogP contribution in [0.2, 0.25) is 0 Å². The number of aromatic nitrogens is 2. The molecule has 0 radical (unpaired) electrons. The molecule has 0 bridgehead atoms. The lowest BCUT2D eigenvalue weighted by Gasteiger charge is -2.15. The van der Waals surface area contributed by atoms with Crippen molar-refractivity contribution in [1.29, 1.82) is 0 Å². The summed E-state index contributed by atoms with van der Waals surface area (Å²) in [5.41, 5.74) is 2.90. The maximum Gasteiger partial charge on any atom is 0.374 e. The van der Waals surface area contributed by atoms with Crippen LogP contribution in [0.1, 0.15) is 22.5 Å². The zero-order valence-corrected chi connectivity index (χ0v) is 15.8. The number of esters is 1. The van der Waals surface area contributed by atoms with E-state index in [1.54, 1.807) is 44.2 Å². The lowest BCUT2D eigenvalue weighted by atomic mass is 9.96. The minimum absolute atomic E-state index is 0.0164. The molecule has 0 atom stereocenters. The van der Waals surface area contributed by atoms with E-state index in [0.717, 1.165) is 0 Å². The summed E-state index contributed by atoms with van der Waals surface area (Å²) in [7, 11) is 1.25. The van der Waals surface area contributed by atoms with Crippen molar-refractivity contribution < 1.29 is 18.7 Å². The van der Waals surface area contributed by atoms with E-state index < -0.39 is 11.8 Å². The number of nitrogens with zero attached hydrogens (tertiary/aromatic N) is 2. The molecule has 0 fully saturated rings. The van der Waals surface area contributed by atoms with E-state index in [4.69, 9.17) is 9.47 Å². The van der Waals surface area contributed by atoms with Gasteiger partial charge in [-0.15, -0.1) is 0 Å². The van der Waals surface area contributed by atoms with Crippen molar-refractivity contribution in [3.05, 3.63) is 94.8 Å². The number of methoxy groups -OCH3 is 1. The van der Waals surface area contributed by atoms with Gasteiger partial charge in [-0.1, -0.05) is 42.5 Å². The number of hydrogen-bond acceptors (Lipinski definition) is 5. The molecule has 0 aliphatic carbocycles. The van der Waals surface area contributed by atoms with E-state index in [-0.39, 0.29) is 11.8 Å². The van der Waals surface area contributed by atoms with Gasteiger partial charge in [-0.25, -0.2) is 19.2 Å². The first-order chi connectivity index (χ1) is 13.5. The molecule has 0 amide bonds. The highest BCUT2D eigenvalue weighted by Crippen LogP contribution is 2.29.